The Morgan fingerprint density at radius 3 is 1.73 bits per heavy atom. The van der Waals surface area contributed by atoms with Gasteiger partial charge in [-0.25, -0.2) is 8.42 Å². The van der Waals surface area contributed by atoms with Crippen LogP contribution in [0.15, 0.2) is 103 Å². The number of alkyl halides is 3. The number of aromatic hydroxyl groups is 1. The molecule has 0 radical (unpaired) electrons. The third-order valence-electron chi connectivity index (χ3n) is 16.1. The van der Waals surface area contributed by atoms with E-state index in [0.29, 0.717) is 43.8 Å². The number of ether oxygens (including phenoxy) is 3. The summed E-state index contributed by atoms with van der Waals surface area (Å²) in [6.45, 7) is 17.6. The Hall–Kier alpha value is -4.99. The van der Waals surface area contributed by atoms with E-state index >= 15 is 0 Å². The van der Waals surface area contributed by atoms with E-state index in [1.807, 2.05) is 45.9 Å². The monoisotopic (exact) mass is 1080 g/mol. The standard InChI is InChI=1S/C20H29F3O7S.C18H13S.C12H22O2.C10H14O/c1-4-17(2,3)15(24)30-19-8-12-5-13(9-19)7-18(6-12,11-19)16(25)29-14(20(21,22)23)10-31(26,27)28;1-2-8-14(9-3-1)19-17-12-6-4-10-15(17)16-11-5-7-13-18(16)19;1-5-11(2,3)10(13)14-12(4)8-6-7-9-12;1-3-8(2)9-5-4-6-10(11)7-9/h12-14H,4-11H2,1-3H3,(H,26,27,28);1-13H;5-9H2,1-4H3;4-8,11H,3H2,1-2H3/q;+1;;/p-1. The second-order valence-electron chi connectivity index (χ2n) is 23.0. The van der Waals surface area contributed by atoms with E-state index < -0.39 is 56.5 Å². The minimum Gasteiger partial charge on any atom is -0.748 e. The van der Waals surface area contributed by atoms with Gasteiger partial charge in [-0.3, -0.25) is 14.4 Å². The fourth-order valence-corrected chi connectivity index (χ4v) is 14.1. The lowest BCUT2D eigenvalue weighted by Crippen LogP contribution is -2.61. The van der Waals surface area contributed by atoms with Crippen molar-refractivity contribution in [2.75, 3.05) is 5.75 Å². The minimum atomic E-state index is -5.27. The van der Waals surface area contributed by atoms with Gasteiger partial charge in [-0.15, -0.1) is 0 Å². The molecule has 75 heavy (non-hydrogen) atoms. The van der Waals surface area contributed by atoms with Gasteiger partial charge in [-0.1, -0.05) is 82.3 Å². The van der Waals surface area contributed by atoms with Crippen LogP contribution in [-0.2, 0) is 38.7 Å². The van der Waals surface area contributed by atoms with Crippen LogP contribution in [0, 0.1) is 28.1 Å². The molecule has 5 aromatic rings. The van der Waals surface area contributed by atoms with E-state index in [1.54, 1.807) is 19.9 Å². The molecule has 4 aromatic carbocycles. The Morgan fingerprint density at radius 2 is 1.25 bits per heavy atom. The number of rotatable bonds is 13. The summed E-state index contributed by atoms with van der Waals surface area (Å²) in [4.78, 5) is 38.9. The van der Waals surface area contributed by atoms with Crippen LogP contribution in [0.3, 0.4) is 0 Å². The smallest absolute Gasteiger partial charge is 0.426 e. The van der Waals surface area contributed by atoms with Crippen LogP contribution in [0.5, 0.6) is 5.75 Å². The largest absolute Gasteiger partial charge is 0.748 e. The molecule has 0 spiro atoms. The van der Waals surface area contributed by atoms with Crippen LogP contribution in [0.2, 0.25) is 0 Å². The summed E-state index contributed by atoms with van der Waals surface area (Å²) < 4.78 is 91.5. The molecule has 10 rings (SSSR count). The first-order chi connectivity index (χ1) is 35.1. The van der Waals surface area contributed by atoms with Gasteiger partial charge < -0.3 is 23.9 Å². The lowest BCUT2D eigenvalue weighted by atomic mass is 9.48. The number of phenolic OH excluding ortho intramolecular Hbond substituents is 1. The number of carbonyl (C=O) groups is 3. The van der Waals surface area contributed by atoms with Crippen molar-refractivity contribution >= 4 is 58.7 Å². The molecule has 5 saturated carbocycles. The second-order valence-corrected chi connectivity index (χ2v) is 26.4. The molecule has 0 amide bonds. The summed E-state index contributed by atoms with van der Waals surface area (Å²) in [6.07, 6.45) is 1.24. The average Bonchev–Trinajstić information content (AvgIpc) is 3.94. The highest BCUT2D eigenvalue weighted by Crippen LogP contribution is 2.63. The van der Waals surface area contributed by atoms with Gasteiger partial charge in [-0.2, -0.15) is 13.2 Å². The van der Waals surface area contributed by atoms with Crippen molar-refractivity contribution in [2.45, 2.75) is 175 Å². The summed E-state index contributed by atoms with van der Waals surface area (Å²) in [5, 5.41) is 11.9. The van der Waals surface area contributed by atoms with Crippen molar-refractivity contribution in [3.8, 4) is 10.6 Å². The van der Waals surface area contributed by atoms with E-state index in [4.69, 9.17) is 14.6 Å². The number of carbonyl (C=O) groups excluding carboxylic acids is 3. The van der Waals surface area contributed by atoms with Crippen LogP contribution in [0.1, 0.15) is 157 Å². The number of fused-ring (bicyclic) bond motifs is 3. The highest BCUT2D eigenvalue weighted by molar-refractivity contribution is 7.85. The molecule has 5 aliphatic rings. The number of thiophene rings is 1. The van der Waals surface area contributed by atoms with E-state index in [1.165, 1.54) is 43.5 Å². The summed E-state index contributed by atoms with van der Waals surface area (Å²) in [7, 11) is -5.21. The van der Waals surface area contributed by atoms with E-state index in [-0.39, 0.29) is 45.7 Å². The zero-order valence-corrected chi connectivity index (χ0v) is 46.7. The zero-order chi connectivity index (χ0) is 55.2. The highest BCUT2D eigenvalue weighted by Gasteiger charge is 2.64. The summed E-state index contributed by atoms with van der Waals surface area (Å²) >= 11 is 0. The summed E-state index contributed by atoms with van der Waals surface area (Å²) in [5.74, 6) is -2.57. The molecule has 1 aromatic heterocycles. The molecular formula is C60H77F3O10S2. The van der Waals surface area contributed by atoms with Crippen molar-refractivity contribution in [1.29, 1.82) is 0 Å². The van der Waals surface area contributed by atoms with Gasteiger partial charge in [0.15, 0.2) is 14.3 Å². The predicted octanol–water partition coefficient (Wildman–Crippen LogP) is 15.3. The van der Waals surface area contributed by atoms with Crippen molar-refractivity contribution in [3.63, 3.8) is 0 Å². The van der Waals surface area contributed by atoms with Crippen LogP contribution in [0.4, 0.5) is 13.2 Å². The van der Waals surface area contributed by atoms with Crippen molar-refractivity contribution in [1.82, 2.24) is 0 Å². The number of hydrogen-bond donors (Lipinski definition) is 1. The fraction of sp³-hybridized carbons (Fsp3) is 0.550. The van der Waals surface area contributed by atoms with Gasteiger partial charge in [0.1, 0.15) is 17.0 Å². The van der Waals surface area contributed by atoms with Gasteiger partial charge in [0.05, 0.1) is 32.1 Å². The number of phenols is 1. The molecule has 0 aliphatic heterocycles. The molecule has 410 valence electrons. The molecule has 1 N–H and O–H groups in total. The SMILES string of the molecule is CCC(C)(C)C(=O)OC1(C)CCCC1.CCC(C)(C)C(=O)OC12CC3CC(C1)CC(C(=O)OC(CS(=O)(=O)[O-])C(F)(F)F)(C3)C2.CCC(C)c1cccc(O)c1.c1ccc(-[s+]2c3ccccc3c3ccccc32)cc1. The Kier molecular flexibility index (Phi) is 18.7. The summed E-state index contributed by atoms with van der Waals surface area (Å²) in [5.41, 5.74) is -2.25. The second kappa shape index (κ2) is 23.7. The van der Waals surface area contributed by atoms with E-state index in [2.05, 4.69) is 104 Å². The first-order valence-electron chi connectivity index (χ1n) is 26.5. The lowest BCUT2D eigenvalue weighted by molar-refractivity contribution is -0.239. The molecule has 4 atom stereocenters. The highest BCUT2D eigenvalue weighted by atomic mass is 32.2. The molecule has 15 heteroatoms. The maximum Gasteiger partial charge on any atom is 0.426 e. The van der Waals surface area contributed by atoms with Crippen LogP contribution in [0.25, 0.3) is 25.1 Å². The number of hydrogen-bond acceptors (Lipinski definition) is 10. The first-order valence-corrected chi connectivity index (χ1v) is 29.3. The topological polar surface area (TPSA) is 156 Å². The van der Waals surface area contributed by atoms with Gasteiger partial charge in [-0.05, 0) is 184 Å². The maximum atomic E-state index is 13.3. The molecule has 5 aliphatic carbocycles. The van der Waals surface area contributed by atoms with Crippen LogP contribution < -0.4 is 0 Å². The Bertz CT molecular complexity index is 2800. The quantitative estimate of drug-likeness (QED) is 0.0521. The molecule has 0 saturated heterocycles. The average molecular weight is 1080 g/mol. The normalized spacial score (nSPS) is 22.6. The number of esters is 3. The van der Waals surface area contributed by atoms with Gasteiger partial charge >= 0.3 is 24.1 Å². The molecule has 4 bridgehead atoms. The first kappa shape index (κ1) is 59.3. The molecule has 1 heterocycles. The Balaban J connectivity index is 0.000000176. The van der Waals surface area contributed by atoms with Crippen molar-refractivity contribution < 1.29 is 59.8 Å². The minimum absolute atomic E-state index is 0.00100. The molecule has 10 nitrogen and oxygen atoms in total. The van der Waals surface area contributed by atoms with Gasteiger partial charge in [0.25, 0.3) is 0 Å². The van der Waals surface area contributed by atoms with Gasteiger partial charge in [0, 0.05) is 27.7 Å². The third-order valence-corrected chi connectivity index (χ3v) is 19.2. The Morgan fingerprint density at radius 1 is 0.747 bits per heavy atom. The van der Waals surface area contributed by atoms with Crippen molar-refractivity contribution in [3.05, 3.63) is 109 Å². The number of benzene rings is 4. The van der Waals surface area contributed by atoms with E-state index in [9.17, 15) is 40.5 Å². The van der Waals surface area contributed by atoms with Gasteiger partial charge in [0.2, 0.25) is 6.10 Å². The lowest BCUT2D eigenvalue weighted by Gasteiger charge is -2.60. The maximum absolute atomic E-state index is 13.3. The van der Waals surface area contributed by atoms with Crippen LogP contribution in [-0.4, -0.2) is 65.2 Å². The van der Waals surface area contributed by atoms with Crippen molar-refractivity contribution in [2.24, 2.45) is 28.1 Å². The van der Waals surface area contributed by atoms with Crippen LogP contribution >= 0.6 is 10.5 Å². The Labute approximate surface area is 444 Å². The third kappa shape index (κ3) is 14.7. The summed E-state index contributed by atoms with van der Waals surface area (Å²) in [6, 6.07) is 35.9. The molecule has 4 unspecified atom stereocenters. The zero-order valence-electron chi connectivity index (χ0n) is 45.1. The fourth-order valence-electron chi connectivity index (χ4n) is 11.1. The molecular weight excluding hydrogens is 1000 g/mol. The van der Waals surface area contributed by atoms with E-state index in [0.717, 1.165) is 32.1 Å². The molecule has 5 fully saturated rings. The number of halogens is 3. The predicted molar refractivity (Wildman–Crippen MR) is 290 cm³/mol.